The van der Waals surface area contributed by atoms with Crippen molar-refractivity contribution in [3.05, 3.63) is 54.0 Å². The highest BCUT2D eigenvalue weighted by atomic mass is 19.1. The van der Waals surface area contributed by atoms with Crippen LogP contribution >= 0.6 is 0 Å². The topological polar surface area (TPSA) is 62.3 Å². The standard InChI is InChI=1S/C17H16FN3O2/c1-11-5-4-8-15(19-11)20-17(23)12-9-16(22)21(10-12)14-7-3-2-6-13(14)18/h2-8,12H,9-10H2,1H3,(H,19,20,23)/t12-/m1/s1. The number of rotatable bonds is 3. The summed E-state index contributed by atoms with van der Waals surface area (Å²) >= 11 is 0. The maximum absolute atomic E-state index is 13.8. The van der Waals surface area contributed by atoms with Crippen LogP contribution in [0.15, 0.2) is 42.5 Å². The summed E-state index contributed by atoms with van der Waals surface area (Å²) in [6, 6.07) is 11.4. The Kier molecular flexibility index (Phi) is 4.06. The largest absolute Gasteiger partial charge is 0.310 e. The molecule has 1 aliphatic heterocycles. The van der Waals surface area contributed by atoms with Crippen molar-refractivity contribution in [1.29, 1.82) is 0 Å². The second-order valence-corrected chi connectivity index (χ2v) is 5.51. The lowest BCUT2D eigenvalue weighted by atomic mass is 10.1. The van der Waals surface area contributed by atoms with E-state index in [4.69, 9.17) is 0 Å². The number of nitrogens with zero attached hydrogens (tertiary/aromatic N) is 2. The van der Waals surface area contributed by atoms with E-state index in [1.807, 2.05) is 13.0 Å². The maximum Gasteiger partial charge on any atom is 0.230 e. The summed E-state index contributed by atoms with van der Waals surface area (Å²) in [5.41, 5.74) is 1.000. The SMILES string of the molecule is Cc1cccc(NC(=O)[C@@H]2CC(=O)N(c3ccccc3F)C2)n1. The summed E-state index contributed by atoms with van der Waals surface area (Å²) < 4.78 is 13.8. The fourth-order valence-corrected chi connectivity index (χ4v) is 2.63. The monoisotopic (exact) mass is 313 g/mol. The Morgan fingerprint density at radius 1 is 1.26 bits per heavy atom. The van der Waals surface area contributed by atoms with Gasteiger partial charge in [-0.3, -0.25) is 9.59 Å². The molecule has 23 heavy (non-hydrogen) atoms. The van der Waals surface area contributed by atoms with Gasteiger partial charge in [-0.25, -0.2) is 9.37 Å². The first-order valence-electron chi connectivity index (χ1n) is 7.34. The van der Waals surface area contributed by atoms with E-state index < -0.39 is 11.7 Å². The number of hydrogen-bond donors (Lipinski definition) is 1. The normalized spacial score (nSPS) is 17.4. The van der Waals surface area contributed by atoms with E-state index >= 15 is 0 Å². The Bertz CT molecular complexity index is 763. The average Bonchev–Trinajstić information content (AvgIpc) is 2.90. The van der Waals surface area contributed by atoms with Gasteiger partial charge < -0.3 is 10.2 Å². The van der Waals surface area contributed by atoms with E-state index in [-0.39, 0.29) is 30.5 Å². The van der Waals surface area contributed by atoms with Crippen LogP contribution in [0.5, 0.6) is 0 Å². The number of nitrogens with one attached hydrogen (secondary N) is 1. The van der Waals surface area contributed by atoms with Crippen LogP contribution in [0.4, 0.5) is 15.9 Å². The van der Waals surface area contributed by atoms with Crippen molar-refractivity contribution in [2.45, 2.75) is 13.3 Å². The molecule has 0 radical (unpaired) electrons. The first-order chi connectivity index (χ1) is 11.0. The Hall–Kier alpha value is -2.76. The van der Waals surface area contributed by atoms with Gasteiger partial charge in [-0.2, -0.15) is 0 Å². The fourth-order valence-electron chi connectivity index (χ4n) is 2.63. The lowest BCUT2D eigenvalue weighted by Crippen LogP contribution is -2.28. The molecule has 0 unspecified atom stereocenters. The van der Waals surface area contributed by atoms with Crippen molar-refractivity contribution >= 4 is 23.3 Å². The number of para-hydroxylation sites is 1. The quantitative estimate of drug-likeness (QED) is 0.947. The Morgan fingerprint density at radius 3 is 2.78 bits per heavy atom. The van der Waals surface area contributed by atoms with Gasteiger partial charge in [0.25, 0.3) is 0 Å². The molecule has 118 valence electrons. The van der Waals surface area contributed by atoms with E-state index in [1.54, 1.807) is 24.3 Å². The van der Waals surface area contributed by atoms with E-state index in [0.29, 0.717) is 5.82 Å². The molecule has 6 heteroatoms. The van der Waals surface area contributed by atoms with Crippen molar-refractivity contribution in [3.63, 3.8) is 0 Å². The lowest BCUT2D eigenvalue weighted by molar-refractivity contribution is -0.122. The predicted octanol–water partition coefficient (Wildman–Crippen LogP) is 2.52. The van der Waals surface area contributed by atoms with Crippen LogP contribution in [-0.4, -0.2) is 23.3 Å². The van der Waals surface area contributed by atoms with E-state index in [1.165, 1.54) is 17.0 Å². The zero-order chi connectivity index (χ0) is 16.4. The van der Waals surface area contributed by atoms with Crippen molar-refractivity contribution in [3.8, 4) is 0 Å². The number of halogens is 1. The first kappa shape index (κ1) is 15.1. The fraction of sp³-hybridized carbons (Fsp3) is 0.235. The van der Waals surface area contributed by atoms with Gasteiger partial charge in [0.2, 0.25) is 11.8 Å². The number of aryl methyl sites for hydroxylation is 1. The highest BCUT2D eigenvalue weighted by Crippen LogP contribution is 2.27. The Labute approximate surface area is 133 Å². The lowest BCUT2D eigenvalue weighted by Gasteiger charge is -2.17. The molecular weight excluding hydrogens is 297 g/mol. The molecule has 5 nitrogen and oxygen atoms in total. The molecular formula is C17H16FN3O2. The zero-order valence-electron chi connectivity index (χ0n) is 12.6. The van der Waals surface area contributed by atoms with Crippen LogP contribution in [0, 0.1) is 18.7 Å². The van der Waals surface area contributed by atoms with Crippen LogP contribution in [0.2, 0.25) is 0 Å². The van der Waals surface area contributed by atoms with E-state index in [2.05, 4.69) is 10.3 Å². The average molecular weight is 313 g/mol. The minimum absolute atomic E-state index is 0.0615. The minimum atomic E-state index is -0.524. The third-order valence-corrected chi connectivity index (χ3v) is 3.78. The van der Waals surface area contributed by atoms with Crippen LogP contribution < -0.4 is 10.2 Å². The maximum atomic E-state index is 13.8. The highest BCUT2D eigenvalue weighted by Gasteiger charge is 2.36. The van der Waals surface area contributed by atoms with Gasteiger partial charge in [0, 0.05) is 18.7 Å². The number of amides is 2. The summed E-state index contributed by atoms with van der Waals surface area (Å²) in [6.45, 7) is 1.99. The summed E-state index contributed by atoms with van der Waals surface area (Å²) in [6.07, 6.45) is 0.0615. The summed E-state index contributed by atoms with van der Waals surface area (Å²) in [5.74, 6) is -1.08. The molecule has 1 aliphatic rings. The molecule has 1 aromatic heterocycles. The van der Waals surface area contributed by atoms with Gasteiger partial charge in [0.15, 0.2) is 0 Å². The van der Waals surface area contributed by atoms with Crippen molar-refractivity contribution in [2.24, 2.45) is 5.92 Å². The van der Waals surface area contributed by atoms with Crippen molar-refractivity contribution in [1.82, 2.24) is 4.98 Å². The minimum Gasteiger partial charge on any atom is -0.310 e. The van der Waals surface area contributed by atoms with Crippen molar-refractivity contribution < 1.29 is 14.0 Å². The van der Waals surface area contributed by atoms with Crippen molar-refractivity contribution in [2.75, 3.05) is 16.8 Å². The molecule has 1 aromatic carbocycles. The second-order valence-electron chi connectivity index (χ2n) is 5.51. The van der Waals surface area contributed by atoms with Crippen LogP contribution in [0.1, 0.15) is 12.1 Å². The number of aromatic nitrogens is 1. The summed E-state index contributed by atoms with van der Waals surface area (Å²) in [5, 5.41) is 2.71. The molecule has 1 saturated heterocycles. The molecule has 2 aromatic rings. The third-order valence-electron chi connectivity index (χ3n) is 3.78. The van der Waals surface area contributed by atoms with Gasteiger partial charge in [-0.1, -0.05) is 18.2 Å². The Balaban J connectivity index is 1.72. The second kappa shape index (κ2) is 6.16. The zero-order valence-corrected chi connectivity index (χ0v) is 12.6. The molecule has 3 rings (SSSR count). The number of benzene rings is 1. The molecule has 2 amide bonds. The molecule has 0 bridgehead atoms. The molecule has 2 heterocycles. The first-order valence-corrected chi connectivity index (χ1v) is 7.34. The summed E-state index contributed by atoms with van der Waals surface area (Å²) in [4.78, 5) is 29.9. The molecule has 0 aliphatic carbocycles. The van der Waals surface area contributed by atoms with Gasteiger partial charge >= 0.3 is 0 Å². The van der Waals surface area contributed by atoms with Gasteiger partial charge in [-0.05, 0) is 31.2 Å². The smallest absolute Gasteiger partial charge is 0.230 e. The molecule has 1 fully saturated rings. The molecule has 1 atom stereocenters. The van der Waals surface area contributed by atoms with Gasteiger partial charge in [-0.15, -0.1) is 0 Å². The number of anilines is 2. The van der Waals surface area contributed by atoms with Crippen LogP contribution in [0.3, 0.4) is 0 Å². The predicted molar refractivity (Wildman–Crippen MR) is 84.5 cm³/mol. The van der Waals surface area contributed by atoms with Gasteiger partial charge in [0.1, 0.15) is 11.6 Å². The number of pyridine rings is 1. The van der Waals surface area contributed by atoms with E-state index in [0.717, 1.165) is 5.69 Å². The number of carbonyl (C=O) groups excluding carboxylic acids is 2. The van der Waals surface area contributed by atoms with Crippen LogP contribution in [0.25, 0.3) is 0 Å². The summed E-state index contributed by atoms with van der Waals surface area (Å²) in [7, 11) is 0. The number of hydrogen-bond acceptors (Lipinski definition) is 3. The molecule has 0 spiro atoms. The third kappa shape index (κ3) is 3.21. The highest BCUT2D eigenvalue weighted by molar-refractivity contribution is 6.03. The van der Waals surface area contributed by atoms with Crippen LogP contribution in [-0.2, 0) is 9.59 Å². The molecule has 1 N–H and O–H groups in total. The number of carbonyl (C=O) groups is 2. The van der Waals surface area contributed by atoms with Gasteiger partial charge in [0.05, 0.1) is 11.6 Å². The van der Waals surface area contributed by atoms with E-state index in [9.17, 15) is 14.0 Å². The molecule has 0 saturated carbocycles. The Morgan fingerprint density at radius 2 is 2.04 bits per heavy atom.